The van der Waals surface area contributed by atoms with Crippen LogP contribution in [0.4, 0.5) is 0 Å². The van der Waals surface area contributed by atoms with Crippen molar-refractivity contribution >= 4 is 5.91 Å². The van der Waals surface area contributed by atoms with Gasteiger partial charge < -0.3 is 14.8 Å². The summed E-state index contributed by atoms with van der Waals surface area (Å²) in [4.78, 5) is 16.1. The van der Waals surface area contributed by atoms with Gasteiger partial charge in [0, 0.05) is 31.1 Å². The fraction of sp³-hybridized carbons (Fsp3) is 0.500. The van der Waals surface area contributed by atoms with Gasteiger partial charge in [-0.2, -0.15) is 0 Å². The minimum absolute atomic E-state index is 0.0588. The number of carbonyl (C=O) groups excluding carboxylic acids is 1. The molecule has 126 valence electrons. The van der Waals surface area contributed by atoms with Gasteiger partial charge in [-0.15, -0.1) is 5.10 Å². The third-order valence-corrected chi connectivity index (χ3v) is 4.33. The zero-order chi connectivity index (χ0) is 16.4. The molecule has 0 spiro atoms. The standard InChI is InChI=1S/C16H19N5O3/c22-16(14-4-2-6-23-14)18-8-12-9-21-13(10-24-12)15(19-20-21)11-3-1-5-17-7-11/h1,3,5,7,12,14H,2,4,6,8-10H2,(H,18,22)/t12-,14+/m0/s1. The van der Waals surface area contributed by atoms with Crippen LogP contribution in [0.15, 0.2) is 24.5 Å². The molecule has 0 radical (unpaired) electrons. The molecule has 0 aliphatic carbocycles. The maximum absolute atomic E-state index is 12.0. The lowest BCUT2D eigenvalue weighted by atomic mass is 10.1. The average molecular weight is 329 g/mol. The minimum atomic E-state index is -0.312. The Morgan fingerprint density at radius 3 is 3.17 bits per heavy atom. The van der Waals surface area contributed by atoms with Gasteiger partial charge in [0.15, 0.2) is 0 Å². The molecule has 1 saturated heterocycles. The first-order valence-corrected chi connectivity index (χ1v) is 8.15. The lowest BCUT2D eigenvalue weighted by Crippen LogP contribution is -2.42. The maximum atomic E-state index is 12.0. The summed E-state index contributed by atoms with van der Waals surface area (Å²) < 4.78 is 13.1. The lowest BCUT2D eigenvalue weighted by Gasteiger charge is -2.24. The highest BCUT2D eigenvalue weighted by Crippen LogP contribution is 2.24. The predicted molar refractivity (Wildman–Crippen MR) is 83.8 cm³/mol. The van der Waals surface area contributed by atoms with E-state index in [2.05, 4.69) is 20.6 Å². The Bertz CT molecular complexity index is 712. The van der Waals surface area contributed by atoms with Crippen LogP contribution in [-0.2, 0) is 27.4 Å². The van der Waals surface area contributed by atoms with E-state index in [1.807, 2.05) is 16.8 Å². The second-order valence-corrected chi connectivity index (χ2v) is 5.99. The molecular weight excluding hydrogens is 310 g/mol. The third kappa shape index (κ3) is 3.02. The third-order valence-electron chi connectivity index (χ3n) is 4.33. The van der Waals surface area contributed by atoms with E-state index in [0.717, 1.165) is 29.8 Å². The maximum Gasteiger partial charge on any atom is 0.249 e. The van der Waals surface area contributed by atoms with Crippen molar-refractivity contribution < 1.29 is 14.3 Å². The molecule has 2 aromatic rings. The van der Waals surface area contributed by atoms with Crippen LogP contribution in [0.2, 0.25) is 0 Å². The summed E-state index contributed by atoms with van der Waals surface area (Å²) in [5.74, 6) is -0.0588. The summed E-state index contributed by atoms with van der Waals surface area (Å²) >= 11 is 0. The van der Waals surface area contributed by atoms with Crippen LogP contribution in [0.3, 0.4) is 0 Å². The number of aromatic nitrogens is 4. The number of hydrogen-bond donors (Lipinski definition) is 1. The number of amides is 1. The fourth-order valence-corrected chi connectivity index (χ4v) is 3.03. The van der Waals surface area contributed by atoms with E-state index in [9.17, 15) is 4.79 Å². The molecule has 0 saturated carbocycles. The summed E-state index contributed by atoms with van der Waals surface area (Å²) in [6, 6.07) is 3.82. The zero-order valence-corrected chi connectivity index (χ0v) is 13.2. The summed E-state index contributed by atoms with van der Waals surface area (Å²) in [7, 11) is 0. The number of hydrogen-bond acceptors (Lipinski definition) is 6. The summed E-state index contributed by atoms with van der Waals surface area (Å²) in [6.07, 6.45) is 4.79. The Morgan fingerprint density at radius 1 is 1.42 bits per heavy atom. The smallest absolute Gasteiger partial charge is 0.249 e. The molecule has 1 fully saturated rings. The first kappa shape index (κ1) is 15.2. The van der Waals surface area contributed by atoms with E-state index in [4.69, 9.17) is 9.47 Å². The van der Waals surface area contributed by atoms with Crippen LogP contribution in [0, 0.1) is 0 Å². The first-order valence-electron chi connectivity index (χ1n) is 8.15. The van der Waals surface area contributed by atoms with Crippen molar-refractivity contribution in [2.75, 3.05) is 13.2 Å². The van der Waals surface area contributed by atoms with Gasteiger partial charge in [0.25, 0.3) is 0 Å². The summed E-state index contributed by atoms with van der Waals surface area (Å²) in [6.45, 7) is 2.09. The molecule has 2 aliphatic rings. The number of nitrogens with one attached hydrogen (secondary N) is 1. The molecule has 4 heterocycles. The van der Waals surface area contributed by atoms with Crippen LogP contribution in [0.25, 0.3) is 11.3 Å². The van der Waals surface area contributed by atoms with E-state index in [0.29, 0.717) is 26.3 Å². The van der Waals surface area contributed by atoms with E-state index in [1.54, 1.807) is 12.4 Å². The van der Waals surface area contributed by atoms with Crippen LogP contribution in [-0.4, -0.2) is 51.2 Å². The molecule has 2 atom stereocenters. The van der Waals surface area contributed by atoms with E-state index < -0.39 is 0 Å². The second-order valence-electron chi connectivity index (χ2n) is 5.99. The van der Waals surface area contributed by atoms with Crippen LogP contribution in [0.1, 0.15) is 18.5 Å². The van der Waals surface area contributed by atoms with Crippen LogP contribution in [0.5, 0.6) is 0 Å². The number of fused-ring (bicyclic) bond motifs is 1. The molecule has 8 nitrogen and oxygen atoms in total. The van der Waals surface area contributed by atoms with Crippen molar-refractivity contribution in [3.05, 3.63) is 30.2 Å². The Hall–Kier alpha value is -2.32. The summed E-state index contributed by atoms with van der Waals surface area (Å²) in [5, 5.41) is 11.4. The number of pyridine rings is 1. The van der Waals surface area contributed by atoms with E-state index in [-0.39, 0.29) is 18.1 Å². The lowest BCUT2D eigenvalue weighted by molar-refractivity contribution is -0.131. The molecular formula is C16H19N5O3. The van der Waals surface area contributed by atoms with Gasteiger partial charge in [0.1, 0.15) is 11.8 Å². The molecule has 0 unspecified atom stereocenters. The van der Waals surface area contributed by atoms with Crippen molar-refractivity contribution in [2.24, 2.45) is 0 Å². The van der Waals surface area contributed by atoms with Gasteiger partial charge in [-0.3, -0.25) is 9.78 Å². The quantitative estimate of drug-likeness (QED) is 0.880. The van der Waals surface area contributed by atoms with Gasteiger partial charge in [0.2, 0.25) is 5.91 Å². The highest BCUT2D eigenvalue weighted by Gasteiger charge is 2.27. The Morgan fingerprint density at radius 2 is 2.38 bits per heavy atom. The zero-order valence-electron chi connectivity index (χ0n) is 13.2. The fourth-order valence-electron chi connectivity index (χ4n) is 3.03. The van der Waals surface area contributed by atoms with Gasteiger partial charge in [0.05, 0.1) is 24.9 Å². The van der Waals surface area contributed by atoms with Gasteiger partial charge in [-0.05, 0) is 25.0 Å². The van der Waals surface area contributed by atoms with E-state index in [1.165, 1.54) is 0 Å². The Labute approximate surface area is 139 Å². The van der Waals surface area contributed by atoms with Gasteiger partial charge in [-0.25, -0.2) is 4.68 Å². The molecule has 8 heteroatoms. The largest absolute Gasteiger partial charge is 0.368 e. The number of rotatable bonds is 4. The molecule has 1 amide bonds. The Balaban J connectivity index is 1.38. The van der Waals surface area contributed by atoms with Crippen molar-refractivity contribution in [3.63, 3.8) is 0 Å². The monoisotopic (exact) mass is 329 g/mol. The molecule has 1 N–H and O–H groups in total. The number of ether oxygens (including phenoxy) is 2. The molecule has 2 aliphatic heterocycles. The Kier molecular flexibility index (Phi) is 4.22. The highest BCUT2D eigenvalue weighted by atomic mass is 16.5. The normalized spacial score (nSPS) is 23.0. The van der Waals surface area contributed by atoms with E-state index >= 15 is 0 Å². The molecule has 0 aromatic carbocycles. The van der Waals surface area contributed by atoms with Gasteiger partial charge in [-0.1, -0.05) is 5.21 Å². The first-order chi connectivity index (χ1) is 11.8. The molecule has 2 aromatic heterocycles. The van der Waals surface area contributed by atoms with Crippen LogP contribution >= 0.6 is 0 Å². The predicted octanol–water partition coefficient (Wildman–Crippen LogP) is 0.534. The molecule has 24 heavy (non-hydrogen) atoms. The number of carbonyl (C=O) groups is 1. The van der Waals surface area contributed by atoms with Crippen molar-refractivity contribution in [3.8, 4) is 11.3 Å². The SMILES string of the molecule is O=C(NC[C@H]1Cn2nnc(-c3cccnc3)c2CO1)[C@H]1CCCO1. The second kappa shape index (κ2) is 6.66. The summed E-state index contributed by atoms with van der Waals surface area (Å²) in [5.41, 5.74) is 2.65. The van der Waals surface area contributed by atoms with Crippen LogP contribution < -0.4 is 5.32 Å². The van der Waals surface area contributed by atoms with Gasteiger partial charge >= 0.3 is 0 Å². The molecule has 4 rings (SSSR count). The minimum Gasteiger partial charge on any atom is -0.368 e. The molecule has 0 bridgehead atoms. The topological polar surface area (TPSA) is 91.2 Å². The average Bonchev–Trinajstić information content (AvgIpc) is 3.30. The number of nitrogens with zero attached hydrogens (tertiary/aromatic N) is 4. The van der Waals surface area contributed by atoms with Crippen molar-refractivity contribution in [1.29, 1.82) is 0 Å². The van der Waals surface area contributed by atoms with Crippen molar-refractivity contribution in [2.45, 2.75) is 38.2 Å². The van der Waals surface area contributed by atoms with Crippen molar-refractivity contribution in [1.82, 2.24) is 25.3 Å². The highest BCUT2D eigenvalue weighted by molar-refractivity contribution is 5.80.